The molecule has 0 radical (unpaired) electrons. The zero-order valence-electron chi connectivity index (χ0n) is 12.5. The number of hydrogen-bond acceptors (Lipinski definition) is 3. The highest BCUT2D eigenvalue weighted by molar-refractivity contribution is 5.94. The lowest BCUT2D eigenvalue weighted by atomic mass is 10.0. The molecule has 0 saturated carbocycles. The highest BCUT2D eigenvalue weighted by atomic mass is 16.3. The smallest absolute Gasteiger partial charge is 0.251 e. The zero-order valence-corrected chi connectivity index (χ0v) is 12.5. The fourth-order valence-corrected chi connectivity index (χ4v) is 1.96. The average molecular weight is 292 g/mol. The van der Waals surface area contributed by atoms with Gasteiger partial charge in [-0.1, -0.05) is 31.5 Å². The molecular weight excluding hydrogens is 268 g/mol. The first-order valence-corrected chi connectivity index (χ1v) is 7.38. The number of carbonyl (C=O) groups excluding carboxylic acids is 2. The van der Waals surface area contributed by atoms with Gasteiger partial charge in [0.05, 0.1) is 0 Å². The number of aliphatic hydroxyl groups is 1. The minimum Gasteiger partial charge on any atom is -0.396 e. The van der Waals surface area contributed by atoms with E-state index in [2.05, 4.69) is 10.6 Å². The summed E-state index contributed by atoms with van der Waals surface area (Å²) >= 11 is 0. The SMILES string of the molecule is CCC(CCO)CNC(=O)CCNC(=O)c1ccccc1. The van der Waals surface area contributed by atoms with E-state index >= 15 is 0 Å². The summed E-state index contributed by atoms with van der Waals surface area (Å²) in [4.78, 5) is 23.4. The van der Waals surface area contributed by atoms with Crippen molar-refractivity contribution in [2.75, 3.05) is 19.7 Å². The van der Waals surface area contributed by atoms with E-state index < -0.39 is 0 Å². The van der Waals surface area contributed by atoms with Crippen LogP contribution >= 0.6 is 0 Å². The van der Waals surface area contributed by atoms with Gasteiger partial charge in [0.1, 0.15) is 0 Å². The molecule has 1 aromatic carbocycles. The molecule has 116 valence electrons. The lowest BCUT2D eigenvalue weighted by Crippen LogP contribution is -2.33. The molecule has 0 aromatic heterocycles. The van der Waals surface area contributed by atoms with E-state index in [0.29, 0.717) is 31.0 Å². The maximum absolute atomic E-state index is 11.8. The Hall–Kier alpha value is -1.88. The fourth-order valence-electron chi connectivity index (χ4n) is 1.96. The number of carbonyl (C=O) groups is 2. The molecule has 21 heavy (non-hydrogen) atoms. The van der Waals surface area contributed by atoms with Gasteiger partial charge in [0.2, 0.25) is 5.91 Å². The Labute approximate surface area is 125 Å². The van der Waals surface area contributed by atoms with Crippen molar-refractivity contribution in [2.45, 2.75) is 26.2 Å². The molecule has 0 aliphatic carbocycles. The van der Waals surface area contributed by atoms with E-state index in [9.17, 15) is 9.59 Å². The molecule has 0 heterocycles. The van der Waals surface area contributed by atoms with Gasteiger partial charge < -0.3 is 15.7 Å². The summed E-state index contributed by atoms with van der Waals surface area (Å²) in [7, 11) is 0. The monoisotopic (exact) mass is 292 g/mol. The van der Waals surface area contributed by atoms with E-state index in [0.717, 1.165) is 6.42 Å². The van der Waals surface area contributed by atoms with Gasteiger partial charge in [-0.2, -0.15) is 0 Å². The standard InChI is InChI=1S/C16H24N2O3/c1-2-13(9-11-19)12-18-15(20)8-10-17-16(21)14-6-4-3-5-7-14/h3-7,13,19H,2,8-12H2,1H3,(H,17,21)(H,18,20). The summed E-state index contributed by atoms with van der Waals surface area (Å²) in [6.45, 7) is 3.06. The maximum atomic E-state index is 11.8. The number of hydrogen-bond donors (Lipinski definition) is 3. The van der Waals surface area contributed by atoms with Crippen LogP contribution in [0.2, 0.25) is 0 Å². The maximum Gasteiger partial charge on any atom is 0.251 e. The second kappa shape index (κ2) is 9.94. The fraction of sp³-hybridized carbons (Fsp3) is 0.500. The van der Waals surface area contributed by atoms with Gasteiger partial charge >= 0.3 is 0 Å². The minimum absolute atomic E-state index is 0.0836. The Bertz CT molecular complexity index is 434. The zero-order chi connectivity index (χ0) is 15.5. The molecule has 0 aliphatic rings. The van der Waals surface area contributed by atoms with Gasteiger partial charge in [-0.25, -0.2) is 0 Å². The molecule has 5 nitrogen and oxygen atoms in total. The van der Waals surface area contributed by atoms with Gasteiger partial charge in [-0.3, -0.25) is 9.59 Å². The third kappa shape index (κ3) is 6.90. The van der Waals surface area contributed by atoms with Crippen molar-refractivity contribution in [3.05, 3.63) is 35.9 Å². The summed E-state index contributed by atoms with van der Waals surface area (Å²) in [5, 5.41) is 14.4. The molecule has 0 fully saturated rings. The topological polar surface area (TPSA) is 78.4 Å². The second-order valence-electron chi connectivity index (χ2n) is 4.96. The van der Waals surface area contributed by atoms with Gasteiger partial charge in [0.15, 0.2) is 0 Å². The van der Waals surface area contributed by atoms with Crippen molar-refractivity contribution >= 4 is 11.8 Å². The lowest BCUT2D eigenvalue weighted by Gasteiger charge is -2.14. The summed E-state index contributed by atoms with van der Waals surface area (Å²) < 4.78 is 0. The first-order chi connectivity index (χ1) is 10.2. The summed E-state index contributed by atoms with van der Waals surface area (Å²) in [5.74, 6) is 0.0488. The van der Waals surface area contributed by atoms with Crippen molar-refractivity contribution in [2.24, 2.45) is 5.92 Å². The van der Waals surface area contributed by atoms with Gasteiger partial charge in [0, 0.05) is 31.7 Å². The molecule has 3 N–H and O–H groups in total. The van der Waals surface area contributed by atoms with Crippen LogP contribution in [0.3, 0.4) is 0 Å². The van der Waals surface area contributed by atoms with E-state index in [-0.39, 0.29) is 24.8 Å². The van der Waals surface area contributed by atoms with Crippen LogP contribution in [0.4, 0.5) is 0 Å². The Morgan fingerprint density at radius 3 is 2.52 bits per heavy atom. The third-order valence-electron chi connectivity index (χ3n) is 3.38. The van der Waals surface area contributed by atoms with Crippen molar-refractivity contribution in [1.82, 2.24) is 10.6 Å². The molecule has 0 aliphatic heterocycles. The van der Waals surface area contributed by atoms with Crippen LogP contribution in [-0.2, 0) is 4.79 Å². The molecule has 1 rings (SSSR count). The van der Waals surface area contributed by atoms with Crippen LogP contribution in [0.15, 0.2) is 30.3 Å². The van der Waals surface area contributed by atoms with Crippen LogP contribution in [0.25, 0.3) is 0 Å². The molecule has 1 unspecified atom stereocenters. The predicted octanol–water partition coefficient (Wildman–Crippen LogP) is 1.33. The predicted molar refractivity (Wildman–Crippen MR) is 81.9 cm³/mol. The number of benzene rings is 1. The molecular formula is C16H24N2O3. The molecule has 1 atom stereocenters. The van der Waals surface area contributed by atoms with Crippen molar-refractivity contribution < 1.29 is 14.7 Å². The summed E-state index contributed by atoms with van der Waals surface area (Å²) in [5.41, 5.74) is 0.590. The molecule has 1 aromatic rings. The van der Waals surface area contributed by atoms with Gasteiger partial charge in [-0.15, -0.1) is 0 Å². The van der Waals surface area contributed by atoms with Gasteiger partial charge in [0.25, 0.3) is 5.91 Å². The van der Waals surface area contributed by atoms with Crippen molar-refractivity contribution in [1.29, 1.82) is 0 Å². The highest BCUT2D eigenvalue weighted by Gasteiger charge is 2.09. The quantitative estimate of drug-likeness (QED) is 0.642. The van der Waals surface area contributed by atoms with E-state index in [1.54, 1.807) is 24.3 Å². The van der Waals surface area contributed by atoms with Crippen LogP contribution in [0.5, 0.6) is 0 Å². The average Bonchev–Trinajstić information content (AvgIpc) is 2.52. The number of amides is 2. The number of rotatable bonds is 9. The summed E-state index contributed by atoms with van der Waals surface area (Å²) in [6.07, 6.45) is 1.88. The van der Waals surface area contributed by atoms with Crippen LogP contribution < -0.4 is 10.6 Å². The third-order valence-corrected chi connectivity index (χ3v) is 3.38. The van der Waals surface area contributed by atoms with Crippen LogP contribution in [-0.4, -0.2) is 36.6 Å². The van der Waals surface area contributed by atoms with E-state index in [4.69, 9.17) is 5.11 Å². The Morgan fingerprint density at radius 2 is 1.90 bits per heavy atom. The Kier molecular flexibility index (Phi) is 8.12. The molecule has 0 spiro atoms. The highest BCUT2D eigenvalue weighted by Crippen LogP contribution is 2.05. The van der Waals surface area contributed by atoms with E-state index in [1.165, 1.54) is 0 Å². The first kappa shape index (κ1) is 17.2. The lowest BCUT2D eigenvalue weighted by molar-refractivity contribution is -0.121. The van der Waals surface area contributed by atoms with Crippen LogP contribution in [0.1, 0.15) is 36.5 Å². The largest absolute Gasteiger partial charge is 0.396 e. The number of aliphatic hydroxyl groups excluding tert-OH is 1. The minimum atomic E-state index is -0.171. The van der Waals surface area contributed by atoms with Crippen molar-refractivity contribution in [3.8, 4) is 0 Å². The number of nitrogens with one attached hydrogen (secondary N) is 2. The normalized spacial score (nSPS) is 11.7. The molecule has 5 heteroatoms. The molecule has 2 amide bonds. The first-order valence-electron chi connectivity index (χ1n) is 7.38. The second-order valence-corrected chi connectivity index (χ2v) is 4.96. The van der Waals surface area contributed by atoms with Crippen LogP contribution in [0, 0.1) is 5.92 Å². The Balaban J connectivity index is 2.20. The van der Waals surface area contributed by atoms with Gasteiger partial charge in [-0.05, 0) is 24.5 Å². The van der Waals surface area contributed by atoms with E-state index in [1.807, 2.05) is 13.0 Å². The van der Waals surface area contributed by atoms with Crippen molar-refractivity contribution in [3.63, 3.8) is 0 Å². The molecule has 0 bridgehead atoms. The Morgan fingerprint density at radius 1 is 1.19 bits per heavy atom. The summed E-state index contributed by atoms with van der Waals surface area (Å²) in [6, 6.07) is 8.91. The molecule has 0 saturated heterocycles.